The summed E-state index contributed by atoms with van der Waals surface area (Å²) in [6.45, 7) is 4.44. The molecule has 0 spiro atoms. The predicted octanol–water partition coefficient (Wildman–Crippen LogP) is 2.83. The highest BCUT2D eigenvalue weighted by Gasteiger charge is 2.14. The molecule has 0 unspecified atom stereocenters. The SMILES string of the molecule is CCn1cc(C=O)c(-c2cc(C)ccc2F)n1. The van der Waals surface area contributed by atoms with Gasteiger partial charge in [0.25, 0.3) is 0 Å². The zero-order valence-electron chi connectivity index (χ0n) is 9.77. The second-order valence-electron chi connectivity index (χ2n) is 3.89. The van der Waals surface area contributed by atoms with Crippen LogP contribution in [0.15, 0.2) is 24.4 Å². The Kier molecular flexibility index (Phi) is 3.04. The molecule has 0 saturated heterocycles. The number of benzene rings is 1. The maximum absolute atomic E-state index is 13.7. The smallest absolute Gasteiger partial charge is 0.153 e. The highest BCUT2D eigenvalue weighted by molar-refractivity contribution is 5.85. The molecule has 0 aliphatic rings. The van der Waals surface area contributed by atoms with Crippen LogP contribution in [0.5, 0.6) is 0 Å². The van der Waals surface area contributed by atoms with E-state index in [-0.39, 0.29) is 5.82 Å². The van der Waals surface area contributed by atoms with Gasteiger partial charge in [-0.3, -0.25) is 9.48 Å². The third-order valence-corrected chi connectivity index (χ3v) is 2.62. The Morgan fingerprint density at radius 3 is 2.88 bits per heavy atom. The van der Waals surface area contributed by atoms with Crippen LogP contribution in [-0.2, 0) is 6.54 Å². The van der Waals surface area contributed by atoms with Crippen LogP contribution in [0.1, 0.15) is 22.8 Å². The van der Waals surface area contributed by atoms with Gasteiger partial charge in [0.15, 0.2) is 6.29 Å². The maximum Gasteiger partial charge on any atom is 0.153 e. The highest BCUT2D eigenvalue weighted by Crippen LogP contribution is 2.25. The average Bonchev–Trinajstić information content (AvgIpc) is 2.75. The minimum absolute atomic E-state index is 0.361. The number of carbonyl (C=O) groups excluding carboxylic acids is 1. The molecule has 88 valence electrons. The molecule has 2 aromatic rings. The second-order valence-corrected chi connectivity index (χ2v) is 3.89. The fourth-order valence-corrected chi connectivity index (χ4v) is 1.71. The molecule has 4 heteroatoms. The Morgan fingerprint density at radius 1 is 1.47 bits per heavy atom. The summed E-state index contributed by atoms with van der Waals surface area (Å²) in [6.07, 6.45) is 2.33. The minimum atomic E-state index is -0.361. The van der Waals surface area contributed by atoms with Crippen molar-refractivity contribution in [2.45, 2.75) is 20.4 Å². The van der Waals surface area contributed by atoms with Gasteiger partial charge in [-0.25, -0.2) is 4.39 Å². The number of hydrogen-bond acceptors (Lipinski definition) is 2. The fraction of sp³-hybridized carbons (Fsp3) is 0.231. The lowest BCUT2D eigenvalue weighted by Crippen LogP contribution is -1.95. The van der Waals surface area contributed by atoms with Gasteiger partial charge in [-0.15, -0.1) is 0 Å². The summed E-state index contributed by atoms with van der Waals surface area (Å²) in [5.74, 6) is -0.361. The Morgan fingerprint density at radius 2 is 2.24 bits per heavy atom. The van der Waals surface area contributed by atoms with Crippen LogP contribution in [0.25, 0.3) is 11.3 Å². The van der Waals surface area contributed by atoms with Crippen LogP contribution < -0.4 is 0 Å². The fourth-order valence-electron chi connectivity index (χ4n) is 1.71. The molecular weight excluding hydrogens is 219 g/mol. The first-order valence-corrected chi connectivity index (χ1v) is 5.45. The van der Waals surface area contributed by atoms with Gasteiger partial charge in [0, 0.05) is 18.3 Å². The monoisotopic (exact) mass is 232 g/mol. The van der Waals surface area contributed by atoms with Gasteiger partial charge in [-0.05, 0) is 26.0 Å². The van der Waals surface area contributed by atoms with Crippen LogP contribution in [0.3, 0.4) is 0 Å². The second kappa shape index (κ2) is 4.49. The standard InChI is InChI=1S/C13H13FN2O/c1-3-16-7-10(8-17)13(15-16)11-6-9(2)4-5-12(11)14/h4-8H,3H2,1-2H3. The number of carbonyl (C=O) groups is 1. The molecule has 2 rings (SSSR count). The number of halogens is 1. The average molecular weight is 232 g/mol. The molecule has 0 aliphatic heterocycles. The third-order valence-electron chi connectivity index (χ3n) is 2.62. The molecule has 0 amide bonds. The number of aromatic nitrogens is 2. The first-order chi connectivity index (χ1) is 8.15. The van der Waals surface area contributed by atoms with Gasteiger partial charge >= 0.3 is 0 Å². The lowest BCUT2D eigenvalue weighted by atomic mass is 10.1. The molecule has 0 radical (unpaired) electrons. The lowest BCUT2D eigenvalue weighted by Gasteiger charge is -2.02. The van der Waals surface area contributed by atoms with Crippen molar-refractivity contribution in [3.8, 4) is 11.3 Å². The number of aldehydes is 1. The highest BCUT2D eigenvalue weighted by atomic mass is 19.1. The van der Waals surface area contributed by atoms with Gasteiger partial charge in [0.2, 0.25) is 0 Å². The number of aryl methyl sites for hydroxylation is 2. The molecule has 0 saturated carbocycles. The van der Waals surface area contributed by atoms with E-state index in [4.69, 9.17) is 0 Å². The van der Waals surface area contributed by atoms with Crippen molar-refractivity contribution in [3.05, 3.63) is 41.3 Å². The molecule has 0 bridgehead atoms. The Bertz CT molecular complexity index is 561. The van der Waals surface area contributed by atoms with E-state index in [2.05, 4.69) is 5.10 Å². The van der Waals surface area contributed by atoms with Crippen LogP contribution in [0.4, 0.5) is 4.39 Å². The predicted molar refractivity (Wildman–Crippen MR) is 63.4 cm³/mol. The molecule has 0 fully saturated rings. The summed E-state index contributed by atoms with van der Waals surface area (Å²) in [4.78, 5) is 11.0. The molecule has 0 aliphatic carbocycles. The Balaban J connectivity index is 2.62. The van der Waals surface area contributed by atoms with Crippen molar-refractivity contribution in [3.63, 3.8) is 0 Å². The summed E-state index contributed by atoms with van der Waals surface area (Å²) in [5, 5.41) is 4.22. The van der Waals surface area contributed by atoms with Gasteiger partial charge in [0.05, 0.1) is 5.56 Å². The van der Waals surface area contributed by atoms with Crippen LogP contribution in [-0.4, -0.2) is 16.1 Å². The van der Waals surface area contributed by atoms with Crippen molar-refractivity contribution < 1.29 is 9.18 Å². The minimum Gasteiger partial charge on any atom is -0.298 e. The topological polar surface area (TPSA) is 34.9 Å². The first-order valence-electron chi connectivity index (χ1n) is 5.45. The van der Waals surface area contributed by atoms with Crippen molar-refractivity contribution in [1.29, 1.82) is 0 Å². The van der Waals surface area contributed by atoms with Gasteiger partial charge < -0.3 is 0 Å². The van der Waals surface area contributed by atoms with Crippen LogP contribution >= 0.6 is 0 Å². The summed E-state index contributed by atoms with van der Waals surface area (Å²) in [6, 6.07) is 4.78. The molecule has 0 N–H and O–H groups in total. The Hall–Kier alpha value is -1.97. The van der Waals surface area contributed by atoms with Crippen LogP contribution in [0.2, 0.25) is 0 Å². The molecule has 1 aromatic carbocycles. The normalized spacial score (nSPS) is 10.5. The number of nitrogens with zero attached hydrogens (tertiary/aromatic N) is 2. The lowest BCUT2D eigenvalue weighted by molar-refractivity contribution is 0.112. The number of rotatable bonds is 3. The summed E-state index contributed by atoms with van der Waals surface area (Å²) in [7, 11) is 0. The van der Waals surface area contributed by atoms with E-state index in [1.807, 2.05) is 13.8 Å². The van der Waals surface area contributed by atoms with E-state index in [1.165, 1.54) is 6.07 Å². The maximum atomic E-state index is 13.7. The molecule has 1 aromatic heterocycles. The van der Waals surface area contributed by atoms with Gasteiger partial charge in [0.1, 0.15) is 11.5 Å². The third kappa shape index (κ3) is 2.11. The molecule has 3 nitrogen and oxygen atoms in total. The van der Waals surface area contributed by atoms with Crippen molar-refractivity contribution in [1.82, 2.24) is 9.78 Å². The van der Waals surface area contributed by atoms with E-state index in [9.17, 15) is 9.18 Å². The molecular formula is C13H13FN2O. The summed E-state index contributed by atoms with van der Waals surface area (Å²) >= 11 is 0. The summed E-state index contributed by atoms with van der Waals surface area (Å²) < 4.78 is 15.3. The largest absolute Gasteiger partial charge is 0.298 e. The quantitative estimate of drug-likeness (QED) is 0.763. The van der Waals surface area contributed by atoms with Gasteiger partial charge in [-0.1, -0.05) is 11.6 Å². The zero-order chi connectivity index (χ0) is 12.4. The van der Waals surface area contributed by atoms with Gasteiger partial charge in [-0.2, -0.15) is 5.10 Å². The van der Waals surface area contributed by atoms with E-state index in [0.717, 1.165) is 5.56 Å². The summed E-state index contributed by atoms with van der Waals surface area (Å²) in [5.41, 5.74) is 2.13. The van der Waals surface area contributed by atoms with E-state index < -0.39 is 0 Å². The van der Waals surface area contributed by atoms with E-state index >= 15 is 0 Å². The van der Waals surface area contributed by atoms with Crippen molar-refractivity contribution in [2.24, 2.45) is 0 Å². The molecule has 1 heterocycles. The number of hydrogen-bond donors (Lipinski definition) is 0. The van der Waals surface area contributed by atoms with Crippen molar-refractivity contribution in [2.75, 3.05) is 0 Å². The van der Waals surface area contributed by atoms with Crippen molar-refractivity contribution >= 4 is 6.29 Å². The Labute approximate surface area is 98.9 Å². The van der Waals surface area contributed by atoms with Crippen LogP contribution in [0, 0.1) is 12.7 Å². The molecule has 17 heavy (non-hydrogen) atoms. The molecule has 0 atom stereocenters. The first kappa shape index (κ1) is 11.5. The van der Waals surface area contributed by atoms with E-state index in [0.29, 0.717) is 29.7 Å². The van der Waals surface area contributed by atoms with E-state index in [1.54, 1.807) is 23.0 Å². The zero-order valence-corrected chi connectivity index (χ0v) is 9.77.